The first-order chi connectivity index (χ1) is 15.5. The maximum atomic E-state index is 15.7. The Bertz CT molecular complexity index is 1050. The monoisotopic (exact) mass is 413 g/mol. The second kappa shape index (κ2) is 8.95. The molecule has 0 saturated carbocycles. The summed E-state index contributed by atoms with van der Waals surface area (Å²) in [5.74, 6) is -1.47. The normalized spacial score (nSPS) is 23.5. The molecule has 1 aromatic carbocycles. The van der Waals surface area contributed by atoms with E-state index in [1.54, 1.807) is 0 Å². The molecule has 0 bridgehead atoms. The molecule has 1 aliphatic heterocycles. The molecule has 1 saturated heterocycles. The summed E-state index contributed by atoms with van der Waals surface area (Å²) in [6, 6.07) is 2.98. The van der Waals surface area contributed by atoms with Crippen LogP contribution >= 0.6 is 11.6 Å². The lowest BCUT2D eigenvalue weighted by Crippen LogP contribution is -2.44. The summed E-state index contributed by atoms with van der Waals surface area (Å²) in [5, 5.41) is -0.367. The third-order valence-electron chi connectivity index (χ3n) is 4.50. The van der Waals surface area contributed by atoms with E-state index < -0.39 is 49.6 Å². The number of rotatable bonds is 6. The van der Waals surface area contributed by atoms with E-state index in [-0.39, 0.29) is 29.8 Å². The van der Waals surface area contributed by atoms with Crippen molar-refractivity contribution < 1.29 is 21.8 Å². The fourth-order valence-electron chi connectivity index (χ4n) is 2.81. The lowest BCUT2D eigenvalue weighted by atomic mass is 9.88. The Balaban J connectivity index is 1.71. The third kappa shape index (κ3) is 5.04. The van der Waals surface area contributed by atoms with Crippen LogP contribution in [-0.2, 0) is 12.8 Å². The number of aryl methyl sites for hydroxylation is 2. The van der Waals surface area contributed by atoms with E-state index in [9.17, 15) is 9.18 Å². The van der Waals surface area contributed by atoms with Gasteiger partial charge in [0.05, 0.1) is 5.02 Å². The molecule has 0 atom stereocenters. The van der Waals surface area contributed by atoms with Gasteiger partial charge in [-0.25, -0.2) is 18.7 Å². The van der Waals surface area contributed by atoms with Crippen LogP contribution in [0.2, 0.25) is 5.02 Å². The number of benzene rings is 1. The van der Waals surface area contributed by atoms with E-state index in [1.165, 1.54) is 19.3 Å². The van der Waals surface area contributed by atoms with Crippen LogP contribution < -0.4 is 0 Å². The molecule has 0 radical (unpaired) electrons. The Morgan fingerprint density at radius 3 is 2.64 bits per heavy atom. The fourth-order valence-corrected chi connectivity index (χ4v) is 3.00. The zero-order chi connectivity index (χ0) is 25.5. The van der Waals surface area contributed by atoms with E-state index in [1.807, 2.05) is 0 Å². The maximum Gasteiger partial charge on any atom is 0.253 e. The molecule has 28 heavy (non-hydrogen) atoms. The molecule has 1 fully saturated rings. The van der Waals surface area contributed by atoms with Crippen molar-refractivity contribution in [1.82, 2.24) is 14.9 Å². The zero-order valence-corrected chi connectivity index (χ0v) is 16.1. The average molecular weight is 414 g/mol. The number of carbonyl (C=O) groups excluding carboxylic acids is 1. The van der Waals surface area contributed by atoms with Gasteiger partial charge in [-0.15, -0.1) is 0 Å². The SMILES string of the molecule is [2H]C([2H])(C)c1cnc(CCCC2(F)CC([2H])([2H])N(C(=O)c3ccc(F)c(Cl)c3)C([2H])([2H])C2)nc1. The summed E-state index contributed by atoms with van der Waals surface area (Å²) in [5.41, 5.74) is -2.13. The van der Waals surface area contributed by atoms with Crippen molar-refractivity contribution in [2.24, 2.45) is 0 Å². The van der Waals surface area contributed by atoms with Gasteiger partial charge in [-0.2, -0.15) is 0 Å². The highest BCUT2D eigenvalue weighted by molar-refractivity contribution is 6.31. The van der Waals surface area contributed by atoms with Gasteiger partial charge in [-0.1, -0.05) is 18.5 Å². The predicted molar refractivity (Wildman–Crippen MR) is 105 cm³/mol. The number of nitrogens with zero attached hydrogens (tertiary/aromatic N) is 3. The van der Waals surface area contributed by atoms with Gasteiger partial charge in [0, 0.05) is 45.6 Å². The maximum absolute atomic E-state index is 15.7. The molecule has 0 spiro atoms. The van der Waals surface area contributed by atoms with Gasteiger partial charge in [-0.05, 0) is 55.8 Å². The highest BCUT2D eigenvalue weighted by atomic mass is 35.5. The van der Waals surface area contributed by atoms with Crippen molar-refractivity contribution in [1.29, 1.82) is 0 Å². The van der Waals surface area contributed by atoms with Gasteiger partial charge in [0.15, 0.2) is 0 Å². The van der Waals surface area contributed by atoms with E-state index in [0.717, 1.165) is 18.2 Å². The quantitative estimate of drug-likeness (QED) is 0.683. The number of amides is 1. The van der Waals surface area contributed by atoms with Crippen LogP contribution in [0, 0.1) is 5.82 Å². The standard InChI is InChI=1S/C21H24ClF2N3O/c1-2-15-13-25-19(26-14-15)4-3-7-21(24)8-10-27(11-9-21)20(28)16-5-6-18(23)17(22)12-16/h5-6,12-14H,2-4,7-11H2,1H3/i2D2,10D2,11D2. The Labute approximate surface area is 177 Å². The zero-order valence-electron chi connectivity index (χ0n) is 21.3. The highest BCUT2D eigenvalue weighted by Crippen LogP contribution is 2.32. The average Bonchev–Trinajstić information content (AvgIpc) is 2.67. The number of hydrogen-bond acceptors (Lipinski definition) is 3. The molecular weight excluding hydrogens is 384 g/mol. The summed E-state index contributed by atoms with van der Waals surface area (Å²) >= 11 is 5.70. The number of piperidine rings is 1. The van der Waals surface area contributed by atoms with Crippen LogP contribution in [-0.4, -0.2) is 39.4 Å². The topological polar surface area (TPSA) is 46.1 Å². The van der Waals surface area contributed by atoms with E-state index >= 15 is 4.39 Å². The molecule has 0 unspecified atom stereocenters. The summed E-state index contributed by atoms with van der Waals surface area (Å²) in [4.78, 5) is 21.4. The Morgan fingerprint density at radius 1 is 1.36 bits per heavy atom. The third-order valence-corrected chi connectivity index (χ3v) is 4.79. The van der Waals surface area contributed by atoms with Crippen LogP contribution in [0.1, 0.15) is 62.6 Å². The molecule has 2 heterocycles. The molecule has 0 N–H and O–H groups in total. The molecule has 1 aromatic heterocycles. The minimum atomic E-state index is -2.65. The van der Waals surface area contributed by atoms with Crippen molar-refractivity contribution in [2.45, 2.75) is 51.1 Å². The van der Waals surface area contributed by atoms with Gasteiger partial charge in [0.2, 0.25) is 0 Å². The largest absolute Gasteiger partial charge is 0.338 e. The summed E-state index contributed by atoms with van der Waals surface area (Å²) in [6.07, 6.45) is -0.108. The Morgan fingerprint density at radius 2 is 2.04 bits per heavy atom. The van der Waals surface area contributed by atoms with Gasteiger partial charge in [-0.3, -0.25) is 4.79 Å². The van der Waals surface area contributed by atoms with E-state index in [0.29, 0.717) is 16.3 Å². The molecule has 4 nitrogen and oxygen atoms in total. The van der Waals surface area contributed by atoms with Crippen molar-refractivity contribution >= 4 is 17.5 Å². The highest BCUT2D eigenvalue weighted by Gasteiger charge is 2.35. The number of halogens is 3. The number of likely N-dealkylation sites (tertiary alicyclic amines) is 1. The van der Waals surface area contributed by atoms with Crippen LogP contribution in [0.3, 0.4) is 0 Å². The minimum Gasteiger partial charge on any atom is -0.338 e. The lowest BCUT2D eigenvalue weighted by Gasteiger charge is -2.36. The summed E-state index contributed by atoms with van der Waals surface area (Å²) in [6.45, 7) is -3.93. The molecule has 7 heteroatoms. The van der Waals surface area contributed by atoms with Gasteiger partial charge >= 0.3 is 0 Å². The van der Waals surface area contributed by atoms with Gasteiger partial charge in [0.1, 0.15) is 17.3 Å². The Hall–Kier alpha value is -2.08. The second-order valence-electron chi connectivity index (χ2n) is 6.58. The molecule has 0 aliphatic carbocycles. The molecule has 3 rings (SSSR count). The Kier molecular flexibility index (Phi) is 4.47. The van der Waals surface area contributed by atoms with Crippen molar-refractivity contribution in [2.75, 3.05) is 13.0 Å². The first kappa shape index (κ1) is 14.0. The summed E-state index contributed by atoms with van der Waals surface area (Å²) in [7, 11) is 0. The van der Waals surface area contributed by atoms with Crippen LogP contribution in [0.15, 0.2) is 30.6 Å². The van der Waals surface area contributed by atoms with Crippen molar-refractivity contribution in [3.8, 4) is 0 Å². The summed E-state index contributed by atoms with van der Waals surface area (Å²) < 4.78 is 77.5. The second-order valence-corrected chi connectivity index (χ2v) is 6.99. The van der Waals surface area contributed by atoms with Crippen LogP contribution in [0.5, 0.6) is 0 Å². The fraction of sp³-hybridized carbons (Fsp3) is 0.476. The van der Waals surface area contributed by atoms with Crippen molar-refractivity contribution in [3.05, 3.63) is 58.4 Å². The first-order valence-electron chi connectivity index (χ1n) is 11.8. The number of carbonyl (C=O) groups is 1. The van der Waals surface area contributed by atoms with Gasteiger partial charge in [0.25, 0.3) is 5.91 Å². The smallest absolute Gasteiger partial charge is 0.253 e. The molecule has 1 aliphatic rings. The number of alkyl halides is 1. The van der Waals surface area contributed by atoms with Crippen molar-refractivity contribution in [3.63, 3.8) is 0 Å². The number of aromatic nitrogens is 2. The molecule has 1 amide bonds. The predicted octanol–water partition coefficient (Wildman–Crippen LogP) is 4.80. The lowest BCUT2D eigenvalue weighted by molar-refractivity contribution is 0.0389. The number of hydrogen-bond donors (Lipinski definition) is 0. The van der Waals surface area contributed by atoms with E-state index in [2.05, 4.69) is 9.97 Å². The molecular formula is C21H24ClF2N3O. The van der Waals surface area contributed by atoms with Gasteiger partial charge < -0.3 is 4.90 Å². The molecule has 2 aromatic rings. The first-order valence-corrected chi connectivity index (χ1v) is 9.22. The van der Waals surface area contributed by atoms with Crippen LogP contribution in [0.25, 0.3) is 0 Å². The minimum absolute atomic E-state index is 0.184. The van der Waals surface area contributed by atoms with Crippen LogP contribution in [0.4, 0.5) is 8.78 Å². The van der Waals surface area contributed by atoms with E-state index in [4.69, 9.17) is 19.8 Å². The molecule has 150 valence electrons.